The summed E-state index contributed by atoms with van der Waals surface area (Å²) in [4.78, 5) is 24.4. The van der Waals surface area contributed by atoms with Gasteiger partial charge in [0.2, 0.25) is 5.91 Å². The van der Waals surface area contributed by atoms with E-state index in [4.69, 9.17) is 0 Å². The van der Waals surface area contributed by atoms with Crippen LogP contribution >= 0.6 is 12.4 Å². The fraction of sp³-hybridized carbons (Fsp3) is 0.700. The number of hydrogen-bond donors (Lipinski definition) is 0. The number of carbonyl (C=O) groups excluding carboxylic acids is 1. The first-order valence-corrected chi connectivity index (χ1v) is 9.91. The average molecular weight is 379 g/mol. The predicted octanol–water partition coefficient (Wildman–Crippen LogP) is 2.72. The van der Waals surface area contributed by atoms with Gasteiger partial charge in [-0.1, -0.05) is 6.42 Å². The molecule has 3 fully saturated rings. The first-order chi connectivity index (χ1) is 12.2. The van der Waals surface area contributed by atoms with Crippen LogP contribution in [0.5, 0.6) is 0 Å². The molecule has 0 spiro atoms. The second-order valence-corrected chi connectivity index (χ2v) is 7.89. The van der Waals surface area contributed by atoms with E-state index in [1.165, 1.54) is 31.5 Å². The van der Waals surface area contributed by atoms with E-state index in [2.05, 4.69) is 31.8 Å². The van der Waals surface area contributed by atoms with Gasteiger partial charge < -0.3 is 9.80 Å². The Labute approximate surface area is 163 Å². The van der Waals surface area contributed by atoms with E-state index in [0.717, 1.165) is 57.3 Å². The summed E-state index contributed by atoms with van der Waals surface area (Å²) in [5, 5.41) is 0. The van der Waals surface area contributed by atoms with Gasteiger partial charge >= 0.3 is 0 Å². The van der Waals surface area contributed by atoms with Crippen LogP contribution in [0.3, 0.4) is 0 Å². The first kappa shape index (κ1) is 19.4. The van der Waals surface area contributed by atoms with E-state index in [1.807, 2.05) is 13.1 Å². The number of pyridine rings is 1. The molecular formula is C20H31ClN4O. The molecule has 1 aliphatic carbocycles. The normalized spacial score (nSPS) is 24.7. The molecule has 1 amide bonds. The topological polar surface area (TPSA) is 39.7 Å². The first-order valence-electron chi connectivity index (χ1n) is 9.91. The van der Waals surface area contributed by atoms with Gasteiger partial charge in [0.15, 0.2) is 0 Å². The summed E-state index contributed by atoms with van der Waals surface area (Å²) in [6.45, 7) is 7.94. The van der Waals surface area contributed by atoms with Gasteiger partial charge in [-0.15, -0.1) is 12.4 Å². The van der Waals surface area contributed by atoms with Crippen molar-refractivity contribution in [2.75, 3.05) is 44.2 Å². The third kappa shape index (κ3) is 4.15. The molecule has 6 heteroatoms. The zero-order valence-electron chi connectivity index (χ0n) is 15.8. The quantitative estimate of drug-likeness (QED) is 0.810. The SMILES string of the molecule is Cc1cc(N2CCC(C(=O)N3CCCN(C4CCC4)CC3)C2)ccn1.Cl. The van der Waals surface area contributed by atoms with Crippen molar-refractivity contribution in [1.82, 2.24) is 14.8 Å². The lowest BCUT2D eigenvalue weighted by Crippen LogP contribution is -2.43. The molecule has 1 saturated carbocycles. The minimum absolute atomic E-state index is 0. The molecule has 5 nitrogen and oxygen atoms in total. The highest BCUT2D eigenvalue weighted by molar-refractivity contribution is 5.85. The average Bonchev–Trinajstić information content (AvgIpc) is 2.94. The number of halogens is 1. The third-order valence-electron chi connectivity index (χ3n) is 6.22. The zero-order valence-corrected chi connectivity index (χ0v) is 16.6. The van der Waals surface area contributed by atoms with E-state index >= 15 is 0 Å². The van der Waals surface area contributed by atoms with E-state index in [-0.39, 0.29) is 18.3 Å². The maximum absolute atomic E-state index is 13.0. The van der Waals surface area contributed by atoms with Crippen LogP contribution in [-0.2, 0) is 4.79 Å². The number of aryl methyl sites for hydroxylation is 1. The minimum atomic E-state index is 0. The summed E-state index contributed by atoms with van der Waals surface area (Å²) >= 11 is 0. The largest absolute Gasteiger partial charge is 0.371 e. The van der Waals surface area contributed by atoms with Gasteiger partial charge in [-0.05, 0) is 44.7 Å². The number of aromatic nitrogens is 1. The molecule has 2 saturated heterocycles. The molecule has 1 aromatic rings. The van der Waals surface area contributed by atoms with E-state index < -0.39 is 0 Å². The van der Waals surface area contributed by atoms with Crippen molar-refractivity contribution in [2.45, 2.75) is 45.1 Å². The fourth-order valence-corrected chi connectivity index (χ4v) is 4.46. The van der Waals surface area contributed by atoms with E-state index in [0.29, 0.717) is 5.91 Å². The van der Waals surface area contributed by atoms with Gasteiger partial charge in [0, 0.05) is 62.9 Å². The second-order valence-electron chi connectivity index (χ2n) is 7.89. The second kappa shape index (κ2) is 8.57. The number of nitrogens with zero attached hydrogens (tertiary/aromatic N) is 4. The lowest BCUT2D eigenvalue weighted by Gasteiger charge is -2.36. The number of amides is 1. The molecule has 1 unspecified atom stereocenters. The van der Waals surface area contributed by atoms with Gasteiger partial charge in [-0.3, -0.25) is 14.7 Å². The van der Waals surface area contributed by atoms with Crippen molar-refractivity contribution in [3.63, 3.8) is 0 Å². The van der Waals surface area contributed by atoms with Gasteiger partial charge in [0.1, 0.15) is 0 Å². The van der Waals surface area contributed by atoms with Crippen LogP contribution in [0.15, 0.2) is 18.3 Å². The van der Waals surface area contributed by atoms with Crippen LogP contribution in [0.1, 0.15) is 37.8 Å². The molecule has 0 N–H and O–H groups in total. The molecule has 26 heavy (non-hydrogen) atoms. The van der Waals surface area contributed by atoms with Crippen LogP contribution in [0.25, 0.3) is 0 Å². The molecule has 0 aromatic carbocycles. The van der Waals surface area contributed by atoms with Gasteiger partial charge in [-0.2, -0.15) is 0 Å². The Kier molecular flexibility index (Phi) is 6.41. The molecule has 4 rings (SSSR count). The fourth-order valence-electron chi connectivity index (χ4n) is 4.46. The van der Waals surface area contributed by atoms with Crippen LogP contribution in [0, 0.1) is 12.8 Å². The summed E-state index contributed by atoms with van der Waals surface area (Å²) < 4.78 is 0. The highest BCUT2D eigenvalue weighted by Crippen LogP contribution is 2.27. The lowest BCUT2D eigenvalue weighted by molar-refractivity contribution is -0.134. The Balaban J connectivity index is 0.00000196. The number of rotatable bonds is 3. The molecule has 1 atom stereocenters. The summed E-state index contributed by atoms with van der Waals surface area (Å²) in [7, 11) is 0. The van der Waals surface area contributed by atoms with Crippen LogP contribution in [0.4, 0.5) is 5.69 Å². The maximum atomic E-state index is 13.0. The molecule has 3 heterocycles. The van der Waals surface area contributed by atoms with Gasteiger partial charge in [-0.25, -0.2) is 0 Å². The van der Waals surface area contributed by atoms with Crippen molar-refractivity contribution in [1.29, 1.82) is 0 Å². The maximum Gasteiger partial charge on any atom is 0.227 e. The Morgan fingerprint density at radius 2 is 1.92 bits per heavy atom. The predicted molar refractivity (Wildman–Crippen MR) is 107 cm³/mol. The molecule has 3 aliphatic rings. The van der Waals surface area contributed by atoms with Crippen LogP contribution in [0.2, 0.25) is 0 Å². The molecule has 144 valence electrons. The third-order valence-corrected chi connectivity index (χ3v) is 6.22. The molecule has 0 radical (unpaired) electrons. The van der Waals surface area contributed by atoms with Crippen molar-refractivity contribution in [2.24, 2.45) is 5.92 Å². The molecule has 2 aliphatic heterocycles. The summed E-state index contributed by atoms with van der Waals surface area (Å²) in [5.41, 5.74) is 2.24. The van der Waals surface area contributed by atoms with E-state index in [1.54, 1.807) is 0 Å². The molecule has 1 aromatic heterocycles. The molecular weight excluding hydrogens is 348 g/mol. The van der Waals surface area contributed by atoms with Gasteiger partial charge in [0.25, 0.3) is 0 Å². The Hall–Kier alpha value is -1.33. The monoisotopic (exact) mass is 378 g/mol. The van der Waals surface area contributed by atoms with Crippen LogP contribution in [-0.4, -0.2) is 66.0 Å². The summed E-state index contributed by atoms with van der Waals surface area (Å²) in [5.74, 6) is 0.535. The van der Waals surface area contributed by atoms with Gasteiger partial charge in [0.05, 0.1) is 5.92 Å². The number of carbonyl (C=O) groups is 1. The van der Waals surface area contributed by atoms with Crippen molar-refractivity contribution in [3.8, 4) is 0 Å². The molecule has 0 bridgehead atoms. The van der Waals surface area contributed by atoms with Crippen molar-refractivity contribution in [3.05, 3.63) is 24.0 Å². The van der Waals surface area contributed by atoms with Crippen molar-refractivity contribution < 1.29 is 4.79 Å². The number of hydrogen-bond acceptors (Lipinski definition) is 4. The van der Waals surface area contributed by atoms with Crippen molar-refractivity contribution >= 4 is 24.0 Å². The lowest BCUT2D eigenvalue weighted by atomic mass is 9.91. The smallest absolute Gasteiger partial charge is 0.227 e. The van der Waals surface area contributed by atoms with Crippen LogP contribution < -0.4 is 4.90 Å². The highest BCUT2D eigenvalue weighted by Gasteiger charge is 2.33. The summed E-state index contributed by atoms with van der Waals surface area (Å²) in [6.07, 6.45) is 8.07. The summed E-state index contributed by atoms with van der Waals surface area (Å²) in [6, 6.07) is 4.98. The Bertz CT molecular complexity index is 622. The van der Waals surface area contributed by atoms with E-state index in [9.17, 15) is 4.79 Å². The number of anilines is 1. The standard InChI is InChI=1S/C20H30N4O.ClH/c1-16-14-19(6-8-21-16)24-11-7-17(15-24)20(25)23-10-3-9-22(12-13-23)18-4-2-5-18;/h6,8,14,17-18H,2-5,7,9-13,15H2,1H3;1H. The Morgan fingerprint density at radius 3 is 2.65 bits per heavy atom. The Morgan fingerprint density at radius 1 is 1.08 bits per heavy atom. The minimum Gasteiger partial charge on any atom is -0.371 e. The highest BCUT2D eigenvalue weighted by atomic mass is 35.5. The zero-order chi connectivity index (χ0) is 17.2.